The summed E-state index contributed by atoms with van der Waals surface area (Å²) in [4.78, 5) is 24.0. The number of ether oxygens (including phenoxy) is 6. The van der Waals surface area contributed by atoms with Crippen LogP contribution >= 0.6 is 0 Å². The van der Waals surface area contributed by atoms with Gasteiger partial charge in [0, 0.05) is 0 Å². The van der Waals surface area contributed by atoms with Crippen LogP contribution in [0, 0.1) is 0 Å². The van der Waals surface area contributed by atoms with Gasteiger partial charge >= 0.3 is 11.9 Å². The summed E-state index contributed by atoms with van der Waals surface area (Å²) in [5, 5.41) is 40.0. The van der Waals surface area contributed by atoms with E-state index in [2.05, 4.69) is 0 Å². The van der Waals surface area contributed by atoms with Crippen LogP contribution in [0.5, 0.6) is 0 Å². The molecular formula is C15H20O12. The zero-order valence-electron chi connectivity index (χ0n) is 14.1. The fourth-order valence-corrected chi connectivity index (χ4v) is 3.71. The molecule has 0 aromatic heterocycles. The standard InChI is InChI=1S/C15H20O12/c16-6-2-22-12-10(6)24-4-14(12,20)26-8(18)1-9(19)27-15(21)5-25-11-7(17)3-23-13(11)15/h6-7,10-13,16-17,20-21H,1-5H2/t6-,7-,10-,11-,12+,13+,14+,15+/m1/s1. The first-order valence-electron chi connectivity index (χ1n) is 8.43. The van der Waals surface area contributed by atoms with Gasteiger partial charge in [-0.15, -0.1) is 0 Å². The maximum Gasteiger partial charge on any atom is 0.319 e. The highest BCUT2D eigenvalue weighted by molar-refractivity contribution is 5.91. The van der Waals surface area contributed by atoms with Crippen LogP contribution in [0.2, 0.25) is 0 Å². The van der Waals surface area contributed by atoms with Gasteiger partial charge < -0.3 is 48.8 Å². The lowest BCUT2D eigenvalue weighted by Gasteiger charge is -2.27. The molecule has 4 fully saturated rings. The second-order valence-corrected chi connectivity index (χ2v) is 7.01. The van der Waals surface area contributed by atoms with Gasteiger partial charge in [-0.3, -0.25) is 9.59 Å². The predicted molar refractivity (Wildman–Crippen MR) is 77.7 cm³/mol. The Bertz CT molecular complexity index is 574. The first-order valence-corrected chi connectivity index (χ1v) is 8.43. The first kappa shape index (κ1) is 19.0. The number of esters is 2. The van der Waals surface area contributed by atoms with Crippen molar-refractivity contribution in [1.82, 2.24) is 0 Å². The van der Waals surface area contributed by atoms with Crippen molar-refractivity contribution in [3.05, 3.63) is 0 Å². The maximum atomic E-state index is 12.0. The Labute approximate surface area is 152 Å². The van der Waals surface area contributed by atoms with Crippen molar-refractivity contribution in [2.24, 2.45) is 0 Å². The van der Waals surface area contributed by atoms with Crippen LogP contribution in [0.1, 0.15) is 6.42 Å². The highest BCUT2D eigenvalue weighted by atomic mass is 16.7. The van der Waals surface area contributed by atoms with E-state index in [0.717, 1.165) is 0 Å². The third-order valence-electron chi connectivity index (χ3n) is 4.97. The van der Waals surface area contributed by atoms with E-state index >= 15 is 0 Å². The van der Waals surface area contributed by atoms with Crippen LogP contribution in [0.4, 0.5) is 0 Å². The molecule has 0 aromatic carbocycles. The monoisotopic (exact) mass is 392 g/mol. The van der Waals surface area contributed by atoms with Crippen molar-refractivity contribution in [3.8, 4) is 0 Å². The lowest BCUT2D eigenvalue weighted by Crippen LogP contribution is -2.49. The minimum atomic E-state index is -2.14. The second kappa shape index (κ2) is 6.60. The molecule has 152 valence electrons. The number of carbonyl (C=O) groups is 2. The van der Waals surface area contributed by atoms with Crippen molar-refractivity contribution < 1.29 is 58.4 Å². The van der Waals surface area contributed by atoms with Gasteiger partial charge in [0.2, 0.25) is 0 Å². The van der Waals surface area contributed by atoms with Gasteiger partial charge in [0.25, 0.3) is 11.6 Å². The lowest BCUT2D eigenvalue weighted by atomic mass is 10.1. The molecule has 4 aliphatic heterocycles. The smallest absolute Gasteiger partial charge is 0.319 e. The van der Waals surface area contributed by atoms with E-state index in [0.29, 0.717) is 0 Å². The summed E-state index contributed by atoms with van der Waals surface area (Å²) in [6, 6.07) is 0. The van der Waals surface area contributed by atoms with Gasteiger partial charge in [-0.25, -0.2) is 0 Å². The zero-order chi connectivity index (χ0) is 19.4. The minimum absolute atomic E-state index is 0.0846. The molecule has 0 unspecified atom stereocenters. The van der Waals surface area contributed by atoms with E-state index in [9.17, 15) is 30.0 Å². The molecular weight excluding hydrogens is 372 g/mol. The average molecular weight is 392 g/mol. The predicted octanol–water partition coefficient (Wildman–Crippen LogP) is -3.84. The Morgan fingerprint density at radius 3 is 1.63 bits per heavy atom. The fraction of sp³-hybridized carbons (Fsp3) is 0.867. The van der Waals surface area contributed by atoms with Gasteiger partial charge in [0.15, 0.2) is 12.2 Å². The summed E-state index contributed by atoms with van der Waals surface area (Å²) >= 11 is 0. The van der Waals surface area contributed by atoms with Crippen molar-refractivity contribution in [2.45, 2.75) is 54.6 Å². The van der Waals surface area contributed by atoms with E-state index in [4.69, 9.17) is 28.4 Å². The van der Waals surface area contributed by atoms with E-state index < -0.39 is 79.8 Å². The van der Waals surface area contributed by atoms with E-state index in [1.807, 2.05) is 0 Å². The number of hydrogen-bond donors (Lipinski definition) is 4. The molecule has 0 spiro atoms. The second-order valence-electron chi connectivity index (χ2n) is 7.01. The van der Waals surface area contributed by atoms with Crippen LogP contribution in [0.25, 0.3) is 0 Å². The summed E-state index contributed by atoms with van der Waals surface area (Å²) < 4.78 is 30.5. The molecule has 4 N–H and O–H groups in total. The van der Waals surface area contributed by atoms with Gasteiger partial charge in [-0.2, -0.15) is 0 Å². The van der Waals surface area contributed by atoms with E-state index in [-0.39, 0.29) is 13.2 Å². The quantitative estimate of drug-likeness (QED) is 0.209. The molecule has 4 heterocycles. The summed E-state index contributed by atoms with van der Waals surface area (Å²) in [7, 11) is 0. The average Bonchev–Trinajstić information content (AvgIpc) is 3.28. The fourth-order valence-electron chi connectivity index (χ4n) is 3.71. The molecule has 4 aliphatic rings. The number of fused-ring (bicyclic) bond motifs is 2. The molecule has 8 atom stereocenters. The minimum Gasteiger partial charge on any atom is -0.427 e. The van der Waals surface area contributed by atoms with Crippen LogP contribution in [-0.4, -0.2) is 107 Å². The molecule has 0 amide bonds. The summed E-state index contributed by atoms with van der Waals surface area (Å²) in [5.74, 6) is -6.56. The Morgan fingerprint density at radius 2 is 1.22 bits per heavy atom. The van der Waals surface area contributed by atoms with E-state index in [1.165, 1.54) is 0 Å². The van der Waals surface area contributed by atoms with Crippen LogP contribution in [0.15, 0.2) is 0 Å². The van der Waals surface area contributed by atoms with Crippen LogP contribution in [0.3, 0.4) is 0 Å². The molecule has 0 aliphatic carbocycles. The Hall–Kier alpha value is -1.38. The van der Waals surface area contributed by atoms with Crippen molar-refractivity contribution in [2.75, 3.05) is 26.4 Å². The number of rotatable bonds is 4. The van der Waals surface area contributed by atoms with Gasteiger partial charge in [-0.05, 0) is 0 Å². The van der Waals surface area contributed by atoms with Gasteiger partial charge in [-0.1, -0.05) is 0 Å². The van der Waals surface area contributed by atoms with Crippen LogP contribution < -0.4 is 0 Å². The third-order valence-corrected chi connectivity index (χ3v) is 4.97. The molecule has 4 rings (SSSR count). The first-order chi connectivity index (χ1) is 12.7. The Balaban J connectivity index is 1.32. The molecule has 0 saturated carbocycles. The molecule has 0 bridgehead atoms. The summed E-state index contributed by atoms with van der Waals surface area (Å²) in [6.45, 7) is -1.02. The topological polar surface area (TPSA) is 170 Å². The highest BCUT2D eigenvalue weighted by Gasteiger charge is 2.60. The highest BCUT2D eigenvalue weighted by Crippen LogP contribution is 2.36. The zero-order valence-corrected chi connectivity index (χ0v) is 14.1. The summed E-state index contributed by atoms with van der Waals surface area (Å²) in [5.41, 5.74) is 0. The third kappa shape index (κ3) is 3.21. The van der Waals surface area contributed by atoms with Crippen molar-refractivity contribution >= 4 is 11.9 Å². The molecule has 0 aromatic rings. The molecule has 12 heteroatoms. The van der Waals surface area contributed by atoms with E-state index in [1.54, 1.807) is 0 Å². The number of carbonyl (C=O) groups excluding carboxylic acids is 2. The Kier molecular flexibility index (Phi) is 4.63. The molecule has 4 saturated heterocycles. The summed E-state index contributed by atoms with van der Waals surface area (Å²) in [6.07, 6.45) is -6.66. The normalized spacial score (nSPS) is 48.3. The lowest BCUT2D eigenvalue weighted by molar-refractivity contribution is -0.245. The maximum absolute atomic E-state index is 12.0. The number of hydrogen-bond acceptors (Lipinski definition) is 12. The van der Waals surface area contributed by atoms with Crippen molar-refractivity contribution in [1.29, 1.82) is 0 Å². The molecule has 27 heavy (non-hydrogen) atoms. The largest absolute Gasteiger partial charge is 0.427 e. The Morgan fingerprint density at radius 1 is 0.815 bits per heavy atom. The molecule has 12 nitrogen and oxygen atoms in total. The van der Waals surface area contributed by atoms with Crippen molar-refractivity contribution in [3.63, 3.8) is 0 Å². The number of aliphatic hydroxyl groups is 4. The SMILES string of the molecule is O=C(CC(=O)O[C@@]1(O)CO[C@@H]2[C@H](O)CO[C@@H]21)O[C@@]1(O)CO[C@@H]2[C@H](O)CO[C@@H]21. The number of aliphatic hydroxyl groups excluding tert-OH is 2. The van der Waals surface area contributed by atoms with Crippen LogP contribution in [-0.2, 0) is 38.0 Å². The van der Waals surface area contributed by atoms with Gasteiger partial charge in [0.05, 0.1) is 13.2 Å². The molecule has 0 radical (unpaired) electrons. The van der Waals surface area contributed by atoms with Gasteiger partial charge in [0.1, 0.15) is 44.1 Å².